The first-order valence-electron chi connectivity index (χ1n) is 10.8. The fraction of sp³-hybridized carbons (Fsp3) is 0.385. The van der Waals surface area contributed by atoms with Gasteiger partial charge in [-0.1, -0.05) is 42.0 Å². The first-order chi connectivity index (χ1) is 14.8. The van der Waals surface area contributed by atoms with Crippen molar-refractivity contribution in [2.24, 2.45) is 0 Å². The van der Waals surface area contributed by atoms with Crippen molar-refractivity contribution in [3.63, 3.8) is 0 Å². The van der Waals surface area contributed by atoms with Crippen LogP contribution < -0.4 is 10.6 Å². The maximum absolute atomic E-state index is 13.1. The zero-order valence-corrected chi connectivity index (χ0v) is 20.8. The van der Waals surface area contributed by atoms with Crippen molar-refractivity contribution in [1.82, 2.24) is 10.2 Å². The monoisotopic (exact) mass is 455 g/mol. The van der Waals surface area contributed by atoms with E-state index < -0.39 is 5.54 Å². The number of carbonyl (C=O) groups is 2. The number of hydrogen-bond acceptors (Lipinski definition) is 2. The van der Waals surface area contributed by atoms with Gasteiger partial charge < -0.3 is 15.5 Å². The molecule has 0 aliphatic heterocycles. The largest absolute Gasteiger partial charge is 0.334 e. The highest BCUT2D eigenvalue weighted by molar-refractivity contribution is 6.34. The number of amides is 3. The molecule has 0 saturated heterocycles. The Hall–Kier alpha value is -2.79. The van der Waals surface area contributed by atoms with Crippen LogP contribution in [0.25, 0.3) is 5.57 Å². The van der Waals surface area contributed by atoms with E-state index in [0.29, 0.717) is 16.3 Å². The summed E-state index contributed by atoms with van der Waals surface area (Å²) < 4.78 is 0. The van der Waals surface area contributed by atoms with Crippen LogP contribution in [0.4, 0.5) is 10.5 Å². The summed E-state index contributed by atoms with van der Waals surface area (Å²) in [6.45, 7) is 17.7. The van der Waals surface area contributed by atoms with Crippen LogP contribution in [0.5, 0.6) is 0 Å². The summed E-state index contributed by atoms with van der Waals surface area (Å²) in [5, 5.41) is 6.18. The van der Waals surface area contributed by atoms with Crippen molar-refractivity contribution < 1.29 is 9.59 Å². The predicted octanol–water partition coefficient (Wildman–Crippen LogP) is 6.69. The number of hydrogen-bond donors (Lipinski definition) is 2. The minimum atomic E-state index is -0.618. The van der Waals surface area contributed by atoms with E-state index in [1.54, 1.807) is 23.1 Å². The Balaban J connectivity index is 2.22. The van der Waals surface area contributed by atoms with Crippen molar-refractivity contribution in [2.45, 2.75) is 66.1 Å². The number of nitrogens with zero attached hydrogens (tertiary/aromatic N) is 1. The van der Waals surface area contributed by atoms with Gasteiger partial charge in [-0.15, -0.1) is 0 Å². The zero-order chi connectivity index (χ0) is 24.2. The molecule has 32 heavy (non-hydrogen) atoms. The Morgan fingerprint density at radius 2 is 1.66 bits per heavy atom. The number of carbonyl (C=O) groups excluding carboxylic acids is 2. The van der Waals surface area contributed by atoms with Gasteiger partial charge in [0, 0.05) is 17.8 Å². The van der Waals surface area contributed by atoms with Crippen LogP contribution in [-0.2, 0) is 5.54 Å². The van der Waals surface area contributed by atoms with Crippen molar-refractivity contribution >= 4 is 34.8 Å². The summed E-state index contributed by atoms with van der Waals surface area (Å²) in [7, 11) is 0. The smallest absolute Gasteiger partial charge is 0.319 e. The van der Waals surface area contributed by atoms with E-state index in [1.807, 2.05) is 72.7 Å². The van der Waals surface area contributed by atoms with E-state index in [0.717, 1.165) is 16.7 Å². The fourth-order valence-electron chi connectivity index (χ4n) is 3.66. The van der Waals surface area contributed by atoms with Gasteiger partial charge in [-0.3, -0.25) is 4.79 Å². The van der Waals surface area contributed by atoms with Crippen molar-refractivity contribution in [3.8, 4) is 0 Å². The second-order valence-corrected chi connectivity index (χ2v) is 9.57. The van der Waals surface area contributed by atoms with Crippen molar-refractivity contribution in [3.05, 3.63) is 70.8 Å². The third-order valence-corrected chi connectivity index (χ3v) is 5.63. The van der Waals surface area contributed by atoms with Gasteiger partial charge in [0.15, 0.2) is 0 Å². The molecular formula is C26H34ClN3O2. The number of nitrogens with one attached hydrogen (secondary N) is 2. The van der Waals surface area contributed by atoms with Gasteiger partial charge in [0.2, 0.25) is 0 Å². The Bertz CT molecular complexity index is 1000. The van der Waals surface area contributed by atoms with Crippen LogP contribution in [-0.4, -0.2) is 28.9 Å². The molecule has 2 N–H and O–H groups in total. The van der Waals surface area contributed by atoms with Gasteiger partial charge in [-0.25, -0.2) is 4.79 Å². The van der Waals surface area contributed by atoms with Gasteiger partial charge in [0.05, 0.1) is 16.1 Å². The summed E-state index contributed by atoms with van der Waals surface area (Å²) in [6.07, 6.45) is 0. The molecule has 0 atom stereocenters. The minimum absolute atomic E-state index is 0.0224. The molecule has 0 aliphatic carbocycles. The van der Waals surface area contributed by atoms with Gasteiger partial charge in [0.25, 0.3) is 5.91 Å². The number of benzene rings is 2. The first kappa shape index (κ1) is 25.5. The highest BCUT2D eigenvalue weighted by atomic mass is 35.5. The summed E-state index contributed by atoms with van der Waals surface area (Å²) in [6, 6.07) is 12.5. The average Bonchev–Trinajstić information content (AvgIpc) is 2.68. The molecule has 0 unspecified atom stereocenters. The molecule has 2 aromatic rings. The molecule has 2 aromatic carbocycles. The third kappa shape index (κ3) is 6.13. The van der Waals surface area contributed by atoms with E-state index in [9.17, 15) is 9.59 Å². The van der Waals surface area contributed by atoms with E-state index in [4.69, 9.17) is 11.6 Å². The maximum Gasteiger partial charge on any atom is 0.319 e. The lowest BCUT2D eigenvalue weighted by atomic mass is 9.92. The molecule has 0 radical (unpaired) electrons. The van der Waals surface area contributed by atoms with Crippen LogP contribution in [0.2, 0.25) is 5.02 Å². The Morgan fingerprint density at radius 3 is 2.22 bits per heavy atom. The molecule has 2 rings (SSSR count). The minimum Gasteiger partial charge on any atom is -0.334 e. The van der Waals surface area contributed by atoms with Gasteiger partial charge >= 0.3 is 6.03 Å². The molecule has 5 nitrogen and oxygen atoms in total. The molecule has 0 aromatic heterocycles. The molecule has 0 heterocycles. The summed E-state index contributed by atoms with van der Waals surface area (Å²) in [4.78, 5) is 27.6. The average molecular weight is 456 g/mol. The Morgan fingerprint density at radius 1 is 1.03 bits per heavy atom. The number of anilines is 1. The SMILES string of the molecule is C=C(C)c1cccc(C(C)(C)NC(=O)Nc2ccc(Cl)c(C(=O)N(C(C)C)C(C)C)c2)c1. The summed E-state index contributed by atoms with van der Waals surface area (Å²) in [5.41, 5.74) is 3.19. The lowest BCUT2D eigenvalue weighted by Gasteiger charge is -2.31. The Labute approximate surface area is 196 Å². The number of halogens is 1. The summed E-state index contributed by atoms with van der Waals surface area (Å²) in [5.74, 6) is -0.166. The fourth-order valence-corrected chi connectivity index (χ4v) is 3.86. The number of urea groups is 1. The van der Waals surface area contributed by atoms with Crippen molar-refractivity contribution in [1.29, 1.82) is 0 Å². The lowest BCUT2D eigenvalue weighted by Crippen LogP contribution is -2.43. The second-order valence-electron chi connectivity index (χ2n) is 9.16. The second kappa shape index (κ2) is 10.2. The maximum atomic E-state index is 13.1. The molecule has 6 heteroatoms. The molecule has 0 aliphatic rings. The lowest BCUT2D eigenvalue weighted by molar-refractivity contribution is 0.0644. The predicted molar refractivity (Wildman–Crippen MR) is 134 cm³/mol. The molecule has 0 fully saturated rings. The van der Waals surface area contributed by atoms with E-state index in [-0.39, 0.29) is 24.0 Å². The van der Waals surface area contributed by atoms with E-state index >= 15 is 0 Å². The van der Waals surface area contributed by atoms with Crippen LogP contribution in [0.15, 0.2) is 49.0 Å². The van der Waals surface area contributed by atoms with Crippen LogP contribution in [0, 0.1) is 0 Å². The number of rotatable bonds is 7. The molecular weight excluding hydrogens is 422 g/mol. The van der Waals surface area contributed by atoms with Gasteiger partial charge in [-0.2, -0.15) is 0 Å². The summed E-state index contributed by atoms with van der Waals surface area (Å²) >= 11 is 6.32. The highest BCUT2D eigenvalue weighted by Crippen LogP contribution is 2.26. The molecule has 0 spiro atoms. The van der Waals surface area contributed by atoms with E-state index in [1.165, 1.54) is 0 Å². The standard InChI is InChI=1S/C26H34ClN3O2/c1-16(2)19-10-9-11-20(14-19)26(7,8)29-25(32)28-21-12-13-23(27)22(15-21)24(31)30(17(3)4)18(5)6/h9-15,17-18H,1H2,2-8H3,(H2,28,29,32). The van der Waals surface area contributed by atoms with Crippen LogP contribution >= 0.6 is 11.6 Å². The molecule has 0 saturated carbocycles. The normalized spacial score (nSPS) is 11.4. The van der Waals surface area contributed by atoms with Gasteiger partial charge in [0.1, 0.15) is 0 Å². The van der Waals surface area contributed by atoms with E-state index in [2.05, 4.69) is 17.2 Å². The van der Waals surface area contributed by atoms with Gasteiger partial charge in [-0.05, 0) is 83.9 Å². The zero-order valence-electron chi connectivity index (χ0n) is 20.0. The quantitative estimate of drug-likeness (QED) is 0.488. The van der Waals surface area contributed by atoms with Crippen molar-refractivity contribution in [2.75, 3.05) is 5.32 Å². The number of allylic oxidation sites excluding steroid dienone is 1. The molecule has 172 valence electrons. The molecule has 3 amide bonds. The molecule has 0 bridgehead atoms. The Kier molecular flexibility index (Phi) is 8.13. The van der Waals surface area contributed by atoms with Crippen LogP contribution in [0.3, 0.4) is 0 Å². The topological polar surface area (TPSA) is 61.4 Å². The van der Waals surface area contributed by atoms with Crippen LogP contribution in [0.1, 0.15) is 70.0 Å². The first-order valence-corrected chi connectivity index (χ1v) is 11.2. The third-order valence-electron chi connectivity index (χ3n) is 5.30. The highest BCUT2D eigenvalue weighted by Gasteiger charge is 2.25.